The maximum atomic E-state index is 12.0. The molecule has 1 rings (SSSR count). The number of benzene rings is 1. The highest BCUT2D eigenvalue weighted by Crippen LogP contribution is 2.32. The number of rotatable bonds is 5. The van der Waals surface area contributed by atoms with E-state index in [2.05, 4.69) is 40.0 Å². The van der Waals surface area contributed by atoms with E-state index in [9.17, 15) is 4.79 Å². The van der Waals surface area contributed by atoms with E-state index in [0.717, 1.165) is 40.9 Å². The molecule has 1 amide bonds. The molecule has 0 aromatic heterocycles. The van der Waals surface area contributed by atoms with Crippen LogP contribution in [0.4, 0.5) is 16.2 Å². The molecule has 0 saturated carbocycles. The Labute approximate surface area is 156 Å². The summed E-state index contributed by atoms with van der Waals surface area (Å²) in [5, 5.41) is 2.85. The van der Waals surface area contributed by atoms with Crippen molar-refractivity contribution in [3.05, 3.63) is 22.2 Å². The Balaban J connectivity index is 0.00000254. The monoisotopic (exact) mass is 400 g/mol. The highest BCUT2D eigenvalue weighted by atomic mass is 79.9. The first-order valence-electron chi connectivity index (χ1n) is 8.73. The summed E-state index contributed by atoms with van der Waals surface area (Å²) in [5.41, 5.74) is 2.35. The summed E-state index contributed by atoms with van der Waals surface area (Å²) in [6, 6.07) is 4.03. The van der Waals surface area contributed by atoms with Gasteiger partial charge in [-0.15, -0.1) is 0 Å². The zero-order valence-corrected chi connectivity index (χ0v) is 18.0. The maximum absolute atomic E-state index is 12.0. The Morgan fingerprint density at radius 2 is 1.83 bits per heavy atom. The predicted octanol–water partition coefficient (Wildman–Crippen LogP) is 6.37. The third-order valence-corrected chi connectivity index (χ3v) is 3.78. The fourth-order valence-electron chi connectivity index (χ4n) is 2.17. The Morgan fingerprint density at radius 3 is 2.29 bits per heavy atom. The zero-order chi connectivity index (χ0) is 18.9. The number of aryl methyl sites for hydroxylation is 1. The molecule has 4 nitrogen and oxygen atoms in total. The van der Waals surface area contributed by atoms with Gasteiger partial charge in [0.15, 0.2) is 0 Å². The smallest absolute Gasteiger partial charge is 0.412 e. The molecule has 0 aliphatic rings. The van der Waals surface area contributed by atoms with Crippen LogP contribution in [0.5, 0.6) is 0 Å². The van der Waals surface area contributed by atoms with Gasteiger partial charge in [0.25, 0.3) is 0 Å². The number of ether oxygens (including phenoxy) is 1. The number of carbonyl (C=O) groups excluding carboxylic acids is 1. The maximum Gasteiger partial charge on any atom is 0.412 e. The fourth-order valence-corrected chi connectivity index (χ4v) is 2.88. The second kappa shape index (κ2) is 10.6. The van der Waals surface area contributed by atoms with Crippen LogP contribution in [0.15, 0.2) is 16.6 Å². The van der Waals surface area contributed by atoms with Crippen LogP contribution in [-0.2, 0) is 4.74 Å². The van der Waals surface area contributed by atoms with Crippen molar-refractivity contribution in [1.29, 1.82) is 0 Å². The molecule has 1 N–H and O–H groups in total. The second-order valence-corrected chi connectivity index (χ2v) is 7.18. The lowest BCUT2D eigenvalue weighted by atomic mass is 10.1. The minimum Gasteiger partial charge on any atom is -0.444 e. The molecule has 1 aromatic carbocycles. The Morgan fingerprint density at radius 1 is 1.25 bits per heavy atom. The van der Waals surface area contributed by atoms with Crippen molar-refractivity contribution in [3.8, 4) is 0 Å². The van der Waals surface area contributed by atoms with Gasteiger partial charge in [0, 0.05) is 23.2 Å². The Hall–Kier alpha value is -1.23. The summed E-state index contributed by atoms with van der Waals surface area (Å²) in [6.07, 6.45) is 0.644. The van der Waals surface area contributed by atoms with Crippen molar-refractivity contribution in [2.75, 3.05) is 23.3 Å². The van der Waals surface area contributed by atoms with Crippen LogP contribution < -0.4 is 10.2 Å². The van der Waals surface area contributed by atoms with Gasteiger partial charge in [0.1, 0.15) is 5.60 Å². The highest BCUT2D eigenvalue weighted by molar-refractivity contribution is 9.10. The predicted molar refractivity (Wildman–Crippen MR) is 108 cm³/mol. The largest absolute Gasteiger partial charge is 0.444 e. The van der Waals surface area contributed by atoms with Crippen molar-refractivity contribution in [2.24, 2.45) is 0 Å². The van der Waals surface area contributed by atoms with Gasteiger partial charge in [0.05, 0.1) is 5.69 Å². The SMILES string of the molecule is CC.CCCN(CC)c1cc(NC(=O)OC(C)(C)C)c(C)cc1Br. The molecule has 0 radical (unpaired) electrons. The summed E-state index contributed by atoms with van der Waals surface area (Å²) >= 11 is 3.62. The van der Waals surface area contributed by atoms with Crippen molar-refractivity contribution in [1.82, 2.24) is 0 Å². The first-order chi connectivity index (χ1) is 11.2. The van der Waals surface area contributed by atoms with Crippen molar-refractivity contribution in [2.45, 2.75) is 67.4 Å². The van der Waals surface area contributed by atoms with E-state index < -0.39 is 11.7 Å². The van der Waals surface area contributed by atoms with Gasteiger partial charge in [-0.05, 0) is 74.7 Å². The molecule has 5 heteroatoms. The Bertz CT molecular complexity index is 525. The molecule has 0 unspecified atom stereocenters. The number of anilines is 2. The van der Waals surface area contributed by atoms with E-state index in [1.54, 1.807) is 0 Å². The molecule has 138 valence electrons. The lowest BCUT2D eigenvalue weighted by Gasteiger charge is -2.25. The van der Waals surface area contributed by atoms with E-state index in [-0.39, 0.29) is 0 Å². The van der Waals surface area contributed by atoms with Crippen LogP contribution >= 0.6 is 15.9 Å². The Kier molecular flexibility index (Phi) is 10.1. The van der Waals surface area contributed by atoms with Crippen LogP contribution in [0.3, 0.4) is 0 Å². The number of hydrogen-bond donors (Lipinski definition) is 1. The summed E-state index contributed by atoms with van der Waals surface area (Å²) in [4.78, 5) is 14.3. The van der Waals surface area contributed by atoms with E-state index in [0.29, 0.717) is 0 Å². The number of hydrogen-bond acceptors (Lipinski definition) is 3. The minimum atomic E-state index is -0.506. The van der Waals surface area contributed by atoms with Crippen LogP contribution in [0, 0.1) is 6.92 Å². The van der Waals surface area contributed by atoms with E-state index in [4.69, 9.17) is 4.74 Å². The first kappa shape index (κ1) is 22.8. The van der Waals surface area contributed by atoms with Gasteiger partial charge in [-0.2, -0.15) is 0 Å². The van der Waals surface area contributed by atoms with Crippen LogP contribution in [0.25, 0.3) is 0 Å². The number of carbonyl (C=O) groups is 1. The molecule has 24 heavy (non-hydrogen) atoms. The molecule has 0 bridgehead atoms. The lowest BCUT2D eigenvalue weighted by Crippen LogP contribution is -2.28. The molecular weight excluding hydrogens is 368 g/mol. The van der Waals surface area contributed by atoms with Crippen molar-refractivity contribution in [3.63, 3.8) is 0 Å². The van der Waals surface area contributed by atoms with Crippen LogP contribution in [0.2, 0.25) is 0 Å². The summed E-state index contributed by atoms with van der Waals surface area (Å²) in [7, 11) is 0. The molecule has 0 atom stereocenters. The van der Waals surface area contributed by atoms with Gasteiger partial charge < -0.3 is 9.64 Å². The summed E-state index contributed by atoms with van der Waals surface area (Å²) in [6.45, 7) is 17.7. The van der Waals surface area contributed by atoms with Gasteiger partial charge in [-0.3, -0.25) is 5.32 Å². The van der Waals surface area contributed by atoms with Gasteiger partial charge in [-0.1, -0.05) is 20.8 Å². The first-order valence-corrected chi connectivity index (χ1v) is 9.52. The van der Waals surface area contributed by atoms with Gasteiger partial charge in [0.2, 0.25) is 0 Å². The molecule has 0 fully saturated rings. The number of nitrogens with zero attached hydrogens (tertiary/aromatic N) is 1. The number of amides is 1. The van der Waals surface area contributed by atoms with E-state index in [1.165, 1.54) is 0 Å². The normalized spacial score (nSPS) is 10.5. The van der Waals surface area contributed by atoms with E-state index >= 15 is 0 Å². The third kappa shape index (κ3) is 7.56. The van der Waals surface area contributed by atoms with Crippen molar-refractivity contribution >= 4 is 33.4 Å². The molecule has 0 aliphatic carbocycles. The number of nitrogens with one attached hydrogen (secondary N) is 1. The standard InChI is InChI=1S/C17H27BrN2O2.C2H6/c1-7-9-20(8-2)15-11-14(12(3)10-13(15)18)19-16(21)22-17(4,5)6;1-2/h10-11H,7-9H2,1-6H3,(H,19,21);1-2H3. The molecule has 0 aliphatic heterocycles. The molecular formula is C19H33BrN2O2. The minimum absolute atomic E-state index is 0.428. The van der Waals surface area contributed by atoms with Crippen molar-refractivity contribution < 1.29 is 9.53 Å². The topological polar surface area (TPSA) is 41.6 Å². The van der Waals surface area contributed by atoms with Crippen LogP contribution in [-0.4, -0.2) is 24.8 Å². The fraction of sp³-hybridized carbons (Fsp3) is 0.632. The average molecular weight is 401 g/mol. The third-order valence-electron chi connectivity index (χ3n) is 3.15. The molecule has 0 saturated heterocycles. The summed E-state index contributed by atoms with van der Waals surface area (Å²) < 4.78 is 6.36. The van der Waals surface area contributed by atoms with Crippen LogP contribution in [0.1, 0.15) is 60.5 Å². The number of halogens is 1. The lowest BCUT2D eigenvalue weighted by molar-refractivity contribution is 0.0636. The highest BCUT2D eigenvalue weighted by Gasteiger charge is 2.18. The molecule has 0 heterocycles. The molecule has 0 spiro atoms. The quantitative estimate of drug-likeness (QED) is 0.624. The second-order valence-electron chi connectivity index (χ2n) is 6.33. The summed E-state index contributed by atoms with van der Waals surface area (Å²) in [5.74, 6) is 0. The average Bonchev–Trinajstić information content (AvgIpc) is 2.48. The van der Waals surface area contributed by atoms with Gasteiger partial charge >= 0.3 is 6.09 Å². The zero-order valence-electron chi connectivity index (χ0n) is 16.4. The van der Waals surface area contributed by atoms with E-state index in [1.807, 2.05) is 53.7 Å². The van der Waals surface area contributed by atoms with Gasteiger partial charge in [-0.25, -0.2) is 4.79 Å². The molecule has 1 aromatic rings.